The van der Waals surface area contributed by atoms with Gasteiger partial charge in [-0.1, -0.05) is 26.5 Å². The van der Waals surface area contributed by atoms with E-state index < -0.39 is 0 Å². The molecule has 6 heteroatoms. The maximum Gasteiger partial charge on any atom is 0.116 e. The van der Waals surface area contributed by atoms with Crippen LogP contribution >= 0.6 is 0 Å². The molecule has 0 aliphatic heterocycles. The summed E-state index contributed by atoms with van der Waals surface area (Å²) in [5.74, 6) is 0.554. The third-order valence-electron chi connectivity index (χ3n) is 5.25. The number of nitrogens with one attached hydrogen (secondary N) is 3. The van der Waals surface area contributed by atoms with Crippen LogP contribution in [-0.2, 0) is 0 Å². The van der Waals surface area contributed by atoms with Crippen molar-refractivity contribution in [1.29, 1.82) is 0 Å². The Balaban J connectivity index is 1.51. The van der Waals surface area contributed by atoms with Crippen LogP contribution in [-0.4, -0.2) is 25.1 Å². The maximum atomic E-state index is 4.56. The van der Waals surface area contributed by atoms with Crippen molar-refractivity contribution in [3.63, 3.8) is 0 Å². The van der Waals surface area contributed by atoms with E-state index in [9.17, 15) is 0 Å². The Hall–Kier alpha value is -3.93. The molecule has 4 aromatic heterocycles. The van der Waals surface area contributed by atoms with Gasteiger partial charge in [0.05, 0.1) is 34.1 Å². The fourth-order valence-corrected chi connectivity index (χ4v) is 3.90. The molecule has 0 amide bonds. The number of aromatic nitrogens is 5. The van der Waals surface area contributed by atoms with Gasteiger partial charge in [-0.15, -0.1) is 0 Å². The molecule has 3 N–H and O–H groups in total. The predicted molar refractivity (Wildman–Crippen MR) is 127 cm³/mol. The van der Waals surface area contributed by atoms with Crippen molar-refractivity contribution in [2.75, 3.05) is 5.32 Å². The van der Waals surface area contributed by atoms with Gasteiger partial charge in [0.1, 0.15) is 5.69 Å². The Bertz CT molecular complexity index is 1360. The number of pyridine rings is 2. The van der Waals surface area contributed by atoms with Crippen molar-refractivity contribution < 1.29 is 0 Å². The van der Waals surface area contributed by atoms with Crippen LogP contribution in [0, 0.1) is 5.92 Å². The lowest BCUT2D eigenvalue weighted by Crippen LogP contribution is -2.02. The van der Waals surface area contributed by atoms with Crippen LogP contribution in [0.15, 0.2) is 73.3 Å². The van der Waals surface area contributed by atoms with E-state index in [1.165, 1.54) is 0 Å². The minimum atomic E-state index is 0.554. The van der Waals surface area contributed by atoms with Crippen molar-refractivity contribution in [2.45, 2.75) is 20.3 Å². The second-order valence-electron chi connectivity index (χ2n) is 8.24. The fourth-order valence-electron chi connectivity index (χ4n) is 3.90. The molecule has 154 valence electrons. The Morgan fingerprint density at radius 1 is 1.06 bits per heavy atom. The minimum Gasteiger partial charge on any atom is -0.358 e. The second kappa shape index (κ2) is 7.72. The molecule has 0 radical (unpaired) electrons. The largest absolute Gasteiger partial charge is 0.358 e. The first kappa shape index (κ1) is 19.1. The van der Waals surface area contributed by atoms with Crippen LogP contribution < -0.4 is 5.32 Å². The van der Waals surface area contributed by atoms with Crippen molar-refractivity contribution in [1.82, 2.24) is 25.1 Å². The van der Waals surface area contributed by atoms with E-state index >= 15 is 0 Å². The summed E-state index contributed by atoms with van der Waals surface area (Å²) in [6, 6.07) is 14.4. The summed E-state index contributed by atoms with van der Waals surface area (Å²) in [5, 5.41) is 12.1. The van der Waals surface area contributed by atoms with Gasteiger partial charge in [0.15, 0.2) is 0 Å². The van der Waals surface area contributed by atoms with Crippen LogP contribution in [0.2, 0.25) is 0 Å². The van der Waals surface area contributed by atoms with E-state index in [2.05, 4.69) is 75.2 Å². The molecule has 0 aliphatic carbocycles. The first-order valence-corrected chi connectivity index (χ1v) is 10.4. The van der Waals surface area contributed by atoms with E-state index in [1.807, 2.05) is 30.6 Å². The van der Waals surface area contributed by atoms with Crippen LogP contribution in [0.1, 0.15) is 20.3 Å². The number of H-pyrrole nitrogens is 2. The van der Waals surface area contributed by atoms with Gasteiger partial charge >= 0.3 is 0 Å². The fraction of sp³-hybridized carbons (Fsp3) is 0.160. The number of rotatable bonds is 6. The van der Waals surface area contributed by atoms with Crippen LogP contribution in [0.3, 0.4) is 0 Å². The number of aromatic amines is 2. The lowest BCUT2D eigenvalue weighted by Gasteiger charge is -2.12. The molecule has 4 heterocycles. The molecule has 0 unspecified atom stereocenters. The van der Waals surface area contributed by atoms with Gasteiger partial charge in [-0.05, 0) is 54.3 Å². The number of allylic oxidation sites excluding steroid dienone is 1. The highest BCUT2D eigenvalue weighted by atomic mass is 15.1. The van der Waals surface area contributed by atoms with Gasteiger partial charge in [0.2, 0.25) is 0 Å². The molecular weight excluding hydrogens is 384 g/mol. The van der Waals surface area contributed by atoms with Gasteiger partial charge in [-0.25, -0.2) is 0 Å². The number of hydrogen-bond acceptors (Lipinski definition) is 4. The summed E-state index contributed by atoms with van der Waals surface area (Å²) < 4.78 is 0. The third-order valence-corrected chi connectivity index (χ3v) is 5.25. The van der Waals surface area contributed by atoms with E-state index in [-0.39, 0.29) is 0 Å². The van der Waals surface area contributed by atoms with E-state index in [0.29, 0.717) is 5.92 Å². The summed E-state index contributed by atoms with van der Waals surface area (Å²) in [6.07, 6.45) is 6.43. The molecule has 6 nitrogen and oxygen atoms in total. The Labute approximate surface area is 180 Å². The molecule has 0 bridgehead atoms. The van der Waals surface area contributed by atoms with Gasteiger partial charge < -0.3 is 10.3 Å². The molecule has 31 heavy (non-hydrogen) atoms. The highest BCUT2D eigenvalue weighted by molar-refractivity contribution is 5.97. The normalized spacial score (nSPS) is 11.5. The molecule has 0 aliphatic rings. The van der Waals surface area contributed by atoms with E-state index in [0.717, 1.165) is 62.3 Å². The third kappa shape index (κ3) is 3.80. The molecule has 1 aromatic carbocycles. The predicted octanol–water partition coefficient (Wildman–Crippen LogP) is 6.14. The SMILES string of the molecule is C=C(CC(C)C)Nc1cncc(-c2ccc3[nH]nc(-c4cc5ncccc5[nH]4)c3c2)c1. The Morgan fingerprint density at radius 3 is 2.81 bits per heavy atom. The Morgan fingerprint density at radius 2 is 1.97 bits per heavy atom. The van der Waals surface area contributed by atoms with E-state index in [1.54, 1.807) is 6.20 Å². The topological polar surface area (TPSA) is 82.3 Å². The molecular formula is C25H24N6. The highest BCUT2D eigenvalue weighted by Gasteiger charge is 2.13. The van der Waals surface area contributed by atoms with Crippen molar-refractivity contribution in [2.24, 2.45) is 5.92 Å². The monoisotopic (exact) mass is 408 g/mol. The van der Waals surface area contributed by atoms with Gasteiger partial charge in [-0.3, -0.25) is 15.1 Å². The summed E-state index contributed by atoms with van der Waals surface area (Å²) in [5.41, 5.74) is 8.77. The average molecular weight is 409 g/mol. The summed E-state index contributed by atoms with van der Waals surface area (Å²) in [6.45, 7) is 8.50. The lowest BCUT2D eigenvalue weighted by molar-refractivity contribution is 0.645. The van der Waals surface area contributed by atoms with Gasteiger partial charge in [-0.2, -0.15) is 5.10 Å². The zero-order valence-corrected chi connectivity index (χ0v) is 17.6. The smallest absolute Gasteiger partial charge is 0.116 e. The molecule has 0 fully saturated rings. The molecule has 0 saturated carbocycles. The van der Waals surface area contributed by atoms with Crippen LogP contribution in [0.4, 0.5) is 5.69 Å². The van der Waals surface area contributed by atoms with E-state index in [4.69, 9.17) is 0 Å². The lowest BCUT2D eigenvalue weighted by atomic mass is 10.0. The Kier molecular flexibility index (Phi) is 4.75. The van der Waals surface area contributed by atoms with Crippen molar-refractivity contribution >= 4 is 27.6 Å². The first-order valence-electron chi connectivity index (χ1n) is 10.4. The molecule has 0 saturated heterocycles. The molecule has 0 atom stereocenters. The average Bonchev–Trinajstić information content (AvgIpc) is 3.36. The zero-order valence-electron chi connectivity index (χ0n) is 17.6. The number of benzene rings is 1. The number of nitrogens with zero attached hydrogens (tertiary/aromatic N) is 3. The summed E-state index contributed by atoms with van der Waals surface area (Å²) in [7, 11) is 0. The highest BCUT2D eigenvalue weighted by Crippen LogP contribution is 2.32. The van der Waals surface area contributed by atoms with Crippen LogP contribution in [0.5, 0.6) is 0 Å². The van der Waals surface area contributed by atoms with Gasteiger partial charge in [0.25, 0.3) is 0 Å². The number of anilines is 1. The zero-order chi connectivity index (χ0) is 21.4. The quantitative estimate of drug-likeness (QED) is 0.315. The molecule has 5 rings (SSSR count). The number of hydrogen-bond donors (Lipinski definition) is 3. The minimum absolute atomic E-state index is 0.554. The van der Waals surface area contributed by atoms with Crippen molar-refractivity contribution in [3.05, 3.63) is 73.3 Å². The first-order chi connectivity index (χ1) is 15.1. The van der Waals surface area contributed by atoms with Crippen molar-refractivity contribution in [3.8, 4) is 22.5 Å². The summed E-state index contributed by atoms with van der Waals surface area (Å²) >= 11 is 0. The second-order valence-corrected chi connectivity index (χ2v) is 8.24. The standard InChI is InChI=1S/C25H24N6/c1-15(2)9-16(3)28-19-10-18(13-26-14-19)17-6-7-21-20(11-17)25(31-30-21)24-12-23-22(29-24)5-4-8-27-23/h4-8,10-15,28-29H,3,9H2,1-2H3,(H,30,31). The molecule has 5 aromatic rings. The molecule has 0 spiro atoms. The van der Waals surface area contributed by atoms with Gasteiger partial charge in [0, 0.05) is 29.0 Å². The summed E-state index contributed by atoms with van der Waals surface area (Å²) in [4.78, 5) is 12.3. The maximum absolute atomic E-state index is 4.56. The van der Waals surface area contributed by atoms with Crippen LogP contribution in [0.25, 0.3) is 44.5 Å². The number of fused-ring (bicyclic) bond motifs is 2.